The highest BCUT2D eigenvalue weighted by molar-refractivity contribution is 5.37. The number of aliphatic hydroxyl groups is 1. The second-order valence-electron chi connectivity index (χ2n) is 5.10. The first-order valence-electron chi connectivity index (χ1n) is 6.41. The third kappa shape index (κ3) is 4.48. The fourth-order valence-electron chi connectivity index (χ4n) is 2.06. The van der Waals surface area contributed by atoms with Gasteiger partial charge in [0.05, 0.1) is 17.2 Å². The van der Waals surface area contributed by atoms with Gasteiger partial charge in [-0.1, -0.05) is 19.4 Å². The molecule has 0 bridgehead atoms. The number of hydrogen-bond donors (Lipinski definition) is 2. The quantitative estimate of drug-likeness (QED) is 0.811. The molecule has 1 aromatic carbocycles. The maximum atomic E-state index is 10.0. The van der Waals surface area contributed by atoms with Gasteiger partial charge in [0.1, 0.15) is 0 Å². The molecule has 0 heterocycles. The van der Waals surface area contributed by atoms with E-state index in [1.165, 1.54) is 5.56 Å². The summed E-state index contributed by atoms with van der Waals surface area (Å²) in [4.78, 5) is 0. The molecule has 0 radical (unpaired) electrons. The maximum absolute atomic E-state index is 10.0. The number of nitriles is 1. The number of nitrogens with zero attached hydrogens (tertiary/aromatic N) is 1. The summed E-state index contributed by atoms with van der Waals surface area (Å²) in [6.45, 7) is 7.23. The highest BCUT2D eigenvalue weighted by Gasteiger charge is 2.18. The predicted octanol–water partition coefficient (Wildman–Crippen LogP) is 2.51. The fraction of sp³-hybridized carbons (Fsp3) is 0.533. The van der Waals surface area contributed by atoms with Crippen LogP contribution >= 0.6 is 0 Å². The van der Waals surface area contributed by atoms with E-state index in [1.54, 1.807) is 0 Å². The van der Waals surface area contributed by atoms with Gasteiger partial charge in [0.15, 0.2) is 0 Å². The van der Waals surface area contributed by atoms with Crippen molar-refractivity contribution >= 4 is 0 Å². The van der Waals surface area contributed by atoms with Crippen LogP contribution in [0.25, 0.3) is 0 Å². The van der Waals surface area contributed by atoms with Gasteiger partial charge in [-0.25, -0.2) is 0 Å². The van der Waals surface area contributed by atoms with E-state index >= 15 is 0 Å². The van der Waals surface area contributed by atoms with Crippen molar-refractivity contribution in [1.29, 1.82) is 5.26 Å². The van der Waals surface area contributed by atoms with Gasteiger partial charge in [-0.05, 0) is 43.5 Å². The number of benzene rings is 1. The minimum absolute atomic E-state index is 0.584. The van der Waals surface area contributed by atoms with Crippen molar-refractivity contribution in [3.63, 3.8) is 0 Å². The zero-order valence-corrected chi connectivity index (χ0v) is 11.5. The summed E-state index contributed by atoms with van der Waals surface area (Å²) in [5.41, 5.74) is 2.32. The predicted molar refractivity (Wildman–Crippen MR) is 73.1 cm³/mol. The Hall–Kier alpha value is -1.37. The molecule has 1 atom stereocenters. The minimum Gasteiger partial charge on any atom is -0.389 e. The molecule has 0 saturated heterocycles. The summed E-state index contributed by atoms with van der Waals surface area (Å²) in [6.07, 6.45) is 1.77. The van der Waals surface area contributed by atoms with Gasteiger partial charge in [-0.2, -0.15) is 5.26 Å². The lowest BCUT2D eigenvalue weighted by Crippen LogP contribution is -2.37. The first kappa shape index (κ1) is 14.7. The topological polar surface area (TPSA) is 56.0 Å². The Labute approximate surface area is 109 Å². The third-order valence-corrected chi connectivity index (χ3v) is 3.08. The summed E-state index contributed by atoms with van der Waals surface area (Å²) in [5.74, 6) is 0. The summed E-state index contributed by atoms with van der Waals surface area (Å²) in [5, 5.41) is 22.1. The smallest absolute Gasteiger partial charge is 0.0991 e. The highest BCUT2D eigenvalue weighted by atomic mass is 16.3. The molecule has 3 nitrogen and oxygen atoms in total. The Bertz CT molecular complexity index is 433. The van der Waals surface area contributed by atoms with E-state index in [4.69, 9.17) is 5.26 Å². The molecule has 0 saturated carbocycles. The molecule has 2 N–H and O–H groups in total. The van der Waals surface area contributed by atoms with Gasteiger partial charge in [0, 0.05) is 13.1 Å². The molecular formula is C15H22N2O. The molecule has 3 heteroatoms. The van der Waals surface area contributed by atoms with E-state index in [9.17, 15) is 5.11 Å². The van der Waals surface area contributed by atoms with Crippen molar-refractivity contribution in [2.45, 2.75) is 45.8 Å². The van der Waals surface area contributed by atoms with E-state index in [0.717, 1.165) is 24.9 Å². The molecular weight excluding hydrogens is 224 g/mol. The van der Waals surface area contributed by atoms with E-state index in [1.807, 2.05) is 32.0 Å². The summed E-state index contributed by atoms with van der Waals surface area (Å²) < 4.78 is 0. The number of hydrogen-bond acceptors (Lipinski definition) is 3. The van der Waals surface area contributed by atoms with Crippen molar-refractivity contribution in [1.82, 2.24) is 5.32 Å². The van der Waals surface area contributed by atoms with Crippen molar-refractivity contribution in [2.75, 3.05) is 6.54 Å². The van der Waals surface area contributed by atoms with Crippen LogP contribution in [0, 0.1) is 18.3 Å². The monoisotopic (exact) mass is 246 g/mol. The zero-order valence-electron chi connectivity index (χ0n) is 11.5. The summed E-state index contributed by atoms with van der Waals surface area (Å²) in [7, 11) is 0. The molecule has 0 aliphatic heterocycles. The molecule has 1 rings (SSSR count). The zero-order chi connectivity index (χ0) is 13.6. The maximum Gasteiger partial charge on any atom is 0.0991 e. The Morgan fingerprint density at radius 2 is 2.17 bits per heavy atom. The Morgan fingerprint density at radius 3 is 2.72 bits per heavy atom. The van der Waals surface area contributed by atoms with Crippen LogP contribution in [-0.4, -0.2) is 17.3 Å². The minimum atomic E-state index is -0.644. The van der Waals surface area contributed by atoms with Crippen molar-refractivity contribution in [2.24, 2.45) is 0 Å². The van der Waals surface area contributed by atoms with E-state index in [0.29, 0.717) is 12.1 Å². The van der Waals surface area contributed by atoms with Crippen molar-refractivity contribution in [3.8, 4) is 6.07 Å². The molecule has 0 spiro atoms. The van der Waals surface area contributed by atoms with Crippen LogP contribution < -0.4 is 5.32 Å². The molecule has 18 heavy (non-hydrogen) atoms. The lowest BCUT2D eigenvalue weighted by Gasteiger charge is -2.23. The number of aryl methyl sites for hydroxylation is 1. The first-order chi connectivity index (χ1) is 8.48. The molecule has 1 unspecified atom stereocenters. The lowest BCUT2D eigenvalue weighted by atomic mass is 10.0. The Morgan fingerprint density at radius 1 is 1.44 bits per heavy atom. The van der Waals surface area contributed by atoms with E-state index in [-0.39, 0.29) is 0 Å². The van der Waals surface area contributed by atoms with Gasteiger partial charge in [-0.3, -0.25) is 0 Å². The Kier molecular flexibility index (Phi) is 5.33. The average molecular weight is 246 g/mol. The standard InChI is InChI=1S/C15H22N2O/c1-4-7-15(3,18)11-17-10-14-6-5-13(9-16)8-12(14)2/h5-6,8,17-18H,4,7,10-11H2,1-3H3. The van der Waals surface area contributed by atoms with Crippen LogP contribution in [0.5, 0.6) is 0 Å². The van der Waals surface area contributed by atoms with Gasteiger partial charge in [-0.15, -0.1) is 0 Å². The van der Waals surface area contributed by atoms with Crippen LogP contribution in [0.15, 0.2) is 18.2 Å². The summed E-state index contributed by atoms with van der Waals surface area (Å²) in [6, 6.07) is 7.82. The number of rotatable bonds is 6. The van der Waals surface area contributed by atoms with Crippen LogP contribution in [0.3, 0.4) is 0 Å². The van der Waals surface area contributed by atoms with Gasteiger partial charge < -0.3 is 10.4 Å². The van der Waals surface area contributed by atoms with Crippen LogP contribution in [-0.2, 0) is 6.54 Å². The van der Waals surface area contributed by atoms with Crippen LogP contribution in [0.4, 0.5) is 0 Å². The molecule has 0 fully saturated rings. The molecule has 1 aromatic rings. The molecule has 0 amide bonds. The molecule has 0 aliphatic carbocycles. The van der Waals surface area contributed by atoms with Crippen molar-refractivity contribution in [3.05, 3.63) is 34.9 Å². The molecule has 0 aliphatic rings. The first-order valence-corrected chi connectivity index (χ1v) is 6.41. The SMILES string of the molecule is CCCC(C)(O)CNCc1ccc(C#N)cc1C. The lowest BCUT2D eigenvalue weighted by molar-refractivity contribution is 0.0498. The molecule has 98 valence electrons. The third-order valence-electron chi connectivity index (χ3n) is 3.08. The van der Waals surface area contributed by atoms with Crippen LogP contribution in [0.2, 0.25) is 0 Å². The van der Waals surface area contributed by atoms with Gasteiger partial charge in [0.2, 0.25) is 0 Å². The van der Waals surface area contributed by atoms with Gasteiger partial charge >= 0.3 is 0 Å². The highest BCUT2D eigenvalue weighted by Crippen LogP contribution is 2.13. The van der Waals surface area contributed by atoms with Crippen LogP contribution in [0.1, 0.15) is 43.4 Å². The largest absolute Gasteiger partial charge is 0.389 e. The van der Waals surface area contributed by atoms with Crippen molar-refractivity contribution < 1.29 is 5.11 Å². The fourth-order valence-corrected chi connectivity index (χ4v) is 2.06. The van der Waals surface area contributed by atoms with Gasteiger partial charge in [0.25, 0.3) is 0 Å². The van der Waals surface area contributed by atoms with E-state index < -0.39 is 5.60 Å². The second kappa shape index (κ2) is 6.53. The Balaban J connectivity index is 2.52. The molecule has 0 aromatic heterocycles. The second-order valence-corrected chi connectivity index (χ2v) is 5.10. The average Bonchev–Trinajstić information content (AvgIpc) is 2.31. The summed E-state index contributed by atoms with van der Waals surface area (Å²) >= 11 is 0. The van der Waals surface area contributed by atoms with E-state index in [2.05, 4.69) is 18.3 Å². The number of nitrogens with one attached hydrogen (secondary N) is 1. The normalized spacial score (nSPS) is 13.9.